The number of thioether (sulfide) groups is 1. The minimum atomic E-state index is 0.0449. The van der Waals surface area contributed by atoms with E-state index in [2.05, 4.69) is 20.8 Å². The number of rotatable bonds is 4. The number of aryl methyl sites for hydroxylation is 1. The van der Waals surface area contributed by atoms with Crippen LogP contribution in [0.5, 0.6) is 0 Å². The minimum absolute atomic E-state index is 0.0449. The molecule has 0 saturated carbocycles. The van der Waals surface area contributed by atoms with Gasteiger partial charge in [0.25, 0.3) is 5.56 Å². The zero-order chi connectivity index (χ0) is 19.1. The van der Waals surface area contributed by atoms with Crippen LogP contribution in [0, 0.1) is 12.8 Å². The molecule has 1 aliphatic heterocycles. The molecule has 0 bridgehead atoms. The molecule has 0 aliphatic carbocycles. The van der Waals surface area contributed by atoms with Crippen LogP contribution in [-0.4, -0.2) is 21.4 Å². The van der Waals surface area contributed by atoms with E-state index in [1.54, 1.807) is 27.7 Å². The molecule has 0 spiro atoms. The predicted molar refractivity (Wildman–Crippen MR) is 113 cm³/mol. The van der Waals surface area contributed by atoms with E-state index in [1.165, 1.54) is 0 Å². The van der Waals surface area contributed by atoms with Crippen LogP contribution in [0.15, 0.2) is 34.2 Å². The van der Waals surface area contributed by atoms with E-state index < -0.39 is 0 Å². The van der Waals surface area contributed by atoms with Gasteiger partial charge in [-0.2, -0.15) is 0 Å². The van der Waals surface area contributed by atoms with Crippen molar-refractivity contribution in [3.05, 3.63) is 50.6 Å². The zero-order valence-electron chi connectivity index (χ0n) is 16.1. The van der Waals surface area contributed by atoms with Crippen molar-refractivity contribution in [2.24, 2.45) is 5.92 Å². The van der Waals surface area contributed by atoms with Crippen molar-refractivity contribution < 1.29 is 4.74 Å². The summed E-state index contributed by atoms with van der Waals surface area (Å²) >= 11 is 3.22. The van der Waals surface area contributed by atoms with Crippen LogP contribution in [0.4, 0.5) is 0 Å². The van der Waals surface area contributed by atoms with E-state index in [4.69, 9.17) is 9.72 Å². The Hall–Kier alpha value is -1.63. The van der Waals surface area contributed by atoms with Gasteiger partial charge in [-0.3, -0.25) is 9.36 Å². The molecule has 27 heavy (non-hydrogen) atoms. The highest BCUT2D eigenvalue weighted by atomic mass is 32.2. The summed E-state index contributed by atoms with van der Waals surface area (Å²) in [5.41, 5.74) is 3.21. The summed E-state index contributed by atoms with van der Waals surface area (Å²) in [5, 5.41) is 1.55. The van der Waals surface area contributed by atoms with Gasteiger partial charge in [-0.05, 0) is 41.9 Å². The lowest BCUT2D eigenvalue weighted by molar-refractivity contribution is 0.00200. The molecule has 4 nitrogen and oxygen atoms in total. The molecule has 3 aromatic rings. The van der Waals surface area contributed by atoms with Crippen LogP contribution < -0.4 is 5.56 Å². The molecular weight excluding hydrogens is 376 g/mol. The topological polar surface area (TPSA) is 44.1 Å². The SMILES string of the molecule is CCSc1nc2sc3c(c2c(=O)n1-c1cccc(C)c1)CC(C(C)C)OC3. The molecule has 1 unspecified atom stereocenters. The van der Waals surface area contributed by atoms with Crippen LogP contribution in [-0.2, 0) is 17.8 Å². The third-order valence-corrected chi connectivity index (χ3v) is 6.91. The molecule has 0 saturated heterocycles. The van der Waals surface area contributed by atoms with E-state index in [9.17, 15) is 4.79 Å². The van der Waals surface area contributed by atoms with Gasteiger partial charge in [0, 0.05) is 11.3 Å². The molecule has 142 valence electrons. The summed E-state index contributed by atoms with van der Waals surface area (Å²) in [7, 11) is 0. The predicted octanol–water partition coefficient (Wildman–Crippen LogP) is 4.96. The Morgan fingerprint density at radius 1 is 1.41 bits per heavy atom. The Labute approximate surface area is 167 Å². The van der Waals surface area contributed by atoms with Gasteiger partial charge in [-0.15, -0.1) is 11.3 Å². The molecule has 1 aromatic carbocycles. The van der Waals surface area contributed by atoms with E-state index in [0.29, 0.717) is 12.5 Å². The third kappa shape index (κ3) is 3.35. The van der Waals surface area contributed by atoms with Crippen molar-refractivity contribution in [1.29, 1.82) is 0 Å². The molecule has 0 N–H and O–H groups in total. The first-order valence-corrected chi connectivity index (χ1v) is 11.2. The van der Waals surface area contributed by atoms with Crippen molar-refractivity contribution in [3.8, 4) is 5.69 Å². The van der Waals surface area contributed by atoms with Gasteiger partial charge < -0.3 is 4.74 Å². The molecule has 1 atom stereocenters. The summed E-state index contributed by atoms with van der Waals surface area (Å²) in [6.07, 6.45) is 0.949. The van der Waals surface area contributed by atoms with Gasteiger partial charge >= 0.3 is 0 Å². The first-order valence-electron chi connectivity index (χ1n) is 9.38. The lowest BCUT2D eigenvalue weighted by atomic mass is 9.96. The zero-order valence-corrected chi connectivity index (χ0v) is 17.7. The summed E-state index contributed by atoms with van der Waals surface area (Å²) in [6.45, 7) is 9.05. The fraction of sp³-hybridized carbons (Fsp3) is 0.429. The summed E-state index contributed by atoms with van der Waals surface area (Å²) in [4.78, 5) is 20.5. The van der Waals surface area contributed by atoms with Crippen molar-refractivity contribution in [2.75, 3.05) is 5.75 Å². The average molecular weight is 401 g/mol. The molecule has 0 fully saturated rings. The van der Waals surface area contributed by atoms with Gasteiger partial charge in [0.1, 0.15) is 4.83 Å². The molecule has 6 heteroatoms. The summed E-state index contributed by atoms with van der Waals surface area (Å²) in [5.74, 6) is 1.29. The van der Waals surface area contributed by atoms with E-state index in [-0.39, 0.29) is 11.7 Å². The Kier molecular flexibility index (Phi) is 5.14. The first kappa shape index (κ1) is 18.7. The highest BCUT2D eigenvalue weighted by molar-refractivity contribution is 7.99. The Balaban J connectivity index is 1.97. The number of thiophene rings is 1. The average Bonchev–Trinajstić information content (AvgIpc) is 2.99. The van der Waals surface area contributed by atoms with Crippen molar-refractivity contribution in [2.45, 2.75) is 52.0 Å². The highest BCUT2D eigenvalue weighted by Crippen LogP contribution is 2.36. The first-order chi connectivity index (χ1) is 13.0. The number of ether oxygens (including phenoxy) is 1. The number of fused-ring (bicyclic) bond motifs is 3. The molecular formula is C21H24N2O2S2. The normalized spacial score (nSPS) is 16.9. The molecule has 3 heterocycles. The second-order valence-corrected chi connectivity index (χ2v) is 9.60. The van der Waals surface area contributed by atoms with Crippen LogP contribution in [0.25, 0.3) is 15.9 Å². The van der Waals surface area contributed by atoms with Gasteiger partial charge in [0.15, 0.2) is 5.16 Å². The van der Waals surface area contributed by atoms with Crippen LogP contribution in [0.1, 0.15) is 36.8 Å². The fourth-order valence-corrected chi connectivity index (χ4v) is 5.46. The van der Waals surface area contributed by atoms with Crippen LogP contribution >= 0.6 is 23.1 Å². The van der Waals surface area contributed by atoms with Gasteiger partial charge in [-0.1, -0.05) is 44.7 Å². The molecule has 1 aliphatic rings. The van der Waals surface area contributed by atoms with Crippen LogP contribution in [0.3, 0.4) is 0 Å². The maximum Gasteiger partial charge on any atom is 0.267 e. The van der Waals surface area contributed by atoms with E-state index in [0.717, 1.165) is 49.2 Å². The lowest BCUT2D eigenvalue weighted by Gasteiger charge is -2.26. The minimum Gasteiger partial charge on any atom is -0.372 e. The highest BCUT2D eigenvalue weighted by Gasteiger charge is 2.28. The number of aromatic nitrogens is 2. The quantitative estimate of drug-likeness (QED) is 0.458. The van der Waals surface area contributed by atoms with Crippen LogP contribution in [0.2, 0.25) is 0 Å². The van der Waals surface area contributed by atoms with Gasteiger partial charge in [0.2, 0.25) is 0 Å². The second kappa shape index (κ2) is 7.41. The standard InChI is InChI=1S/C21H24N2O2S2/c1-5-26-21-22-19-18(15-10-16(12(2)3)25-11-17(15)27-19)20(24)23(21)14-8-6-7-13(4)9-14/h6-9,12,16H,5,10-11H2,1-4H3. The third-order valence-electron chi connectivity index (χ3n) is 4.99. The van der Waals surface area contributed by atoms with Gasteiger partial charge in [-0.25, -0.2) is 4.98 Å². The smallest absolute Gasteiger partial charge is 0.267 e. The number of benzene rings is 1. The Morgan fingerprint density at radius 2 is 2.22 bits per heavy atom. The Morgan fingerprint density at radius 3 is 2.93 bits per heavy atom. The fourth-order valence-electron chi connectivity index (χ4n) is 3.56. The van der Waals surface area contributed by atoms with Gasteiger partial charge in [0.05, 0.1) is 23.8 Å². The second-order valence-electron chi connectivity index (χ2n) is 7.29. The molecule has 0 radical (unpaired) electrons. The largest absolute Gasteiger partial charge is 0.372 e. The maximum atomic E-state index is 13.6. The summed E-state index contributed by atoms with van der Waals surface area (Å²) in [6, 6.07) is 8.07. The Bertz CT molecular complexity index is 1050. The number of hydrogen-bond acceptors (Lipinski definition) is 5. The lowest BCUT2D eigenvalue weighted by Crippen LogP contribution is -2.28. The number of hydrogen-bond donors (Lipinski definition) is 0. The summed E-state index contributed by atoms with van der Waals surface area (Å²) < 4.78 is 7.80. The van der Waals surface area contributed by atoms with E-state index in [1.807, 2.05) is 31.2 Å². The number of nitrogens with zero attached hydrogens (tertiary/aromatic N) is 2. The monoisotopic (exact) mass is 400 g/mol. The van der Waals surface area contributed by atoms with Crippen molar-refractivity contribution in [3.63, 3.8) is 0 Å². The molecule has 4 rings (SSSR count). The van der Waals surface area contributed by atoms with Crippen molar-refractivity contribution in [1.82, 2.24) is 9.55 Å². The van der Waals surface area contributed by atoms with E-state index >= 15 is 0 Å². The molecule has 2 aromatic heterocycles. The van der Waals surface area contributed by atoms with Crippen molar-refractivity contribution >= 4 is 33.3 Å². The molecule has 0 amide bonds. The maximum absolute atomic E-state index is 13.6.